The molecule has 0 aromatic rings. The van der Waals surface area contributed by atoms with Crippen molar-refractivity contribution in [3.8, 4) is 0 Å². The van der Waals surface area contributed by atoms with Crippen LogP contribution in [0.15, 0.2) is 0 Å². The lowest BCUT2D eigenvalue weighted by Crippen LogP contribution is -2.50. The van der Waals surface area contributed by atoms with E-state index in [0.717, 1.165) is 18.8 Å². The summed E-state index contributed by atoms with van der Waals surface area (Å²) >= 11 is 0. The highest BCUT2D eigenvalue weighted by Gasteiger charge is 2.35. The predicted molar refractivity (Wildman–Crippen MR) is 33.9 cm³/mol. The Bertz CT molecular complexity index is 144. The van der Waals surface area contributed by atoms with E-state index in [2.05, 4.69) is 5.32 Å². The van der Waals surface area contributed by atoms with Crippen LogP contribution in [0, 0.1) is 5.92 Å². The first-order valence-corrected chi connectivity index (χ1v) is 3.65. The van der Waals surface area contributed by atoms with Crippen LogP contribution >= 0.6 is 0 Å². The van der Waals surface area contributed by atoms with Crippen molar-refractivity contribution in [2.75, 3.05) is 0 Å². The molecule has 9 heavy (non-hydrogen) atoms. The molecular formula is C7H11NO. The van der Waals surface area contributed by atoms with Crippen molar-refractivity contribution in [3.63, 3.8) is 0 Å². The Morgan fingerprint density at radius 1 is 1.33 bits per heavy atom. The third-order valence-corrected chi connectivity index (χ3v) is 2.51. The molecule has 0 spiro atoms. The topological polar surface area (TPSA) is 29.1 Å². The minimum atomic E-state index is 0.260. The maximum absolute atomic E-state index is 10.7. The van der Waals surface area contributed by atoms with Gasteiger partial charge in [-0.2, -0.15) is 0 Å². The number of hydrogen-bond acceptors (Lipinski definition) is 1. The van der Waals surface area contributed by atoms with Gasteiger partial charge >= 0.3 is 0 Å². The maximum atomic E-state index is 10.7. The summed E-state index contributed by atoms with van der Waals surface area (Å²) in [6, 6.07) is 0.561. The van der Waals surface area contributed by atoms with Crippen molar-refractivity contribution in [1.29, 1.82) is 0 Å². The highest BCUT2D eigenvalue weighted by molar-refractivity contribution is 5.77. The van der Waals surface area contributed by atoms with Crippen LogP contribution in [0.1, 0.15) is 25.7 Å². The second kappa shape index (κ2) is 1.72. The van der Waals surface area contributed by atoms with E-state index in [0.29, 0.717) is 6.04 Å². The Balaban J connectivity index is 1.99. The number of piperidine rings is 1. The van der Waals surface area contributed by atoms with Gasteiger partial charge in [0, 0.05) is 12.5 Å². The SMILES string of the molecule is O=C1CC[C@@H]2CC[C@@H]2N1. The van der Waals surface area contributed by atoms with Crippen LogP contribution in [-0.2, 0) is 4.79 Å². The van der Waals surface area contributed by atoms with Gasteiger partial charge in [0.05, 0.1) is 0 Å². The Morgan fingerprint density at radius 3 is 2.67 bits per heavy atom. The molecule has 2 nitrogen and oxygen atoms in total. The van der Waals surface area contributed by atoms with Crippen LogP contribution in [0.2, 0.25) is 0 Å². The molecule has 2 aliphatic rings. The summed E-state index contributed by atoms with van der Waals surface area (Å²) in [6.45, 7) is 0. The third-order valence-electron chi connectivity index (χ3n) is 2.51. The molecule has 0 bridgehead atoms. The van der Waals surface area contributed by atoms with E-state index in [1.807, 2.05) is 0 Å². The minimum absolute atomic E-state index is 0.260. The molecule has 0 aromatic carbocycles. The molecule has 1 aliphatic carbocycles. The van der Waals surface area contributed by atoms with E-state index in [1.165, 1.54) is 12.8 Å². The number of hydrogen-bond donors (Lipinski definition) is 1. The molecule has 50 valence electrons. The van der Waals surface area contributed by atoms with Crippen molar-refractivity contribution in [2.24, 2.45) is 5.92 Å². The zero-order chi connectivity index (χ0) is 6.27. The van der Waals surface area contributed by atoms with E-state index in [9.17, 15) is 4.79 Å². The van der Waals surface area contributed by atoms with Gasteiger partial charge in [-0.1, -0.05) is 0 Å². The van der Waals surface area contributed by atoms with Gasteiger partial charge in [-0.05, 0) is 25.2 Å². The molecule has 2 heteroatoms. The molecule has 1 saturated carbocycles. The van der Waals surface area contributed by atoms with Crippen LogP contribution < -0.4 is 5.32 Å². The smallest absolute Gasteiger partial charge is 0.220 e. The van der Waals surface area contributed by atoms with Crippen LogP contribution in [0.3, 0.4) is 0 Å². The Kier molecular flexibility index (Phi) is 1.01. The van der Waals surface area contributed by atoms with Gasteiger partial charge in [-0.3, -0.25) is 4.79 Å². The molecule has 0 aromatic heterocycles. The minimum Gasteiger partial charge on any atom is -0.353 e. The predicted octanol–water partition coefficient (Wildman–Crippen LogP) is 0.675. The van der Waals surface area contributed by atoms with E-state index >= 15 is 0 Å². The molecule has 2 rings (SSSR count). The third kappa shape index (κ3) is 0.732. The first kappa shape index (κ1) is 5.27. The fraction of sp³-hybridized carbons (Fsp3) is 0.857. The molecular weight excluding hydrogens is 114 g/mol. The summed E-state index contributed by atoms with van der Waals surface area (Å²) in [6.07, 6.45) is 4.46. The molecule has 1 aliphatic heterocycles. The van der Waals surface area contributed by atoms with Gasteiger partial charge in [0.15, 0.2) is 0 Å². The molecule has 0 radical (unpaired) electrons. The maximum Gasteiger partial charge on any atom is 0.220 e. The molecule has 1 heterocycles. The fourth-order valence-corrected chi connectivity index (χ4v) is 1.70. The van der Waals surface area contributed by atoms with E-state index in [1.54, 1.807) is 0 Å². The highest BCUT2D eigenvalue weighted by atomic mass is 16.1. The first-order chi connectivity index (χ1) is 4.36. The number of carbonyl (C=O) groups excluding carboxylic acids is 1. The van der Waals surface area contributed by atoms with Gasteiger partial charge < -0.3 is 5.32 Å². The number of nitrogens with one attached hydrogen (secondary N) is 1. The summed E-state index contributed by atoms with van der Waals surface area (Å²) in [5.41, 5.74) is 0. The number of amides is 1. The average molecular weight is 125 g/mol. The second-order valence-corrected chi connectivity index (χ2v) is 3.05. The quantitative estimate of drug-likeness (QED) is 0.506. The monoisotopic (exact) mass is 125 g/mol. The molecule has 2 atom stereocenters. The highest BCUT2D eigenvalue weighted by Crippen LogP contribution is 2.33. The van der Waals surface area contributed by atoms with Crippen LogP contribution in [-0.4, -0.2) is 11.9 Å². The molecule has 1 saturated heterocycles. The Morgan fingerprint density at radius 2 is 2.22 bits per heavy atom. The lowest BCUT2D eigenvalue weighted by atomic mass is 9.74. The van der Waals surface area contributed by atoms with Crippen molar-refractivity contribution in [1.82, 2.24) is 5.32 Å². The van der Waals surface area contributed by atoms with E-state index in [4.69, 9.17) is 0 Å². The van der Waals surface area contributed by atoms with Gasteiger partial charge in [-0.25, -0.2) is 0 Å². The lowest BCUT2D eigenvalue weighted by Gasteiger charge is -2.40. The Hall–Kier alpha value is -0.530. The molecule has 1 N–H and O–H groups in total. The summed E-state index contributed by atoms with van der Waals surface area (Å²) < 4.78 is 0. The van der Waals surface area contributed by atoms with Gasteiger partial charge in [0.1, 0.15) is 0 Å². The van der Waals surface area contributed by atoms with Crippen LogP contribution in [0.5, 0.6) is 0 Å². The summed E-state index contributed by atoms with van der Waals surface area (Å²) in [5.74, 6) is 1.10. The van der Waals surface area contributed by atoms with E-state index in [-0.39, 0.29) is 5.91 Å². The van der Waals surface area contributed by atoms with Crippen LogP contribution in [0.4, 0.5) is 0 Å². The molecule has 2 fully saturated rings. The first-order valence-electron chi connectivity index (χ1n) is 3.65. The molecule has 0 unspecified atom stereocenters. The Labute approximate surface area is 54.6 Å². The number of rotatable bonds is 0. The zero-order valence-corrected chi connectivity index (χ0v) is 5.39. The van der Waals surface area contributed by atoms with Crippen molar-refractivity contribution in [2.45, 2.75) is 31.7 Å². The lowest BCUT2D eigenvalue weighted by molar-refractivity contribution is -0.126. The van der Waals surface area contributed by atoms with Crippen molar-refractivity contribution < 1.29 is 4.79 Å². The normalized spacial score (nSPS) is 40.7. The number of carbonyl (C=O) groups is 1. The second-order valence-electron chi connectivity index (χ2n) is 3.05. The summed E-state index contributed by atoms with van der Waals surface area (Å²) in [7, 11) is 0. The van der Waals surface area contributed by atoms with Gasteiger partial charge in [0.25, 0.3) is 0 Å². The fourth-order valence-electron chi connectivity index (χ4n) is 1.70. The van der Waals surface area contributed by atoms with Gasteiger partial charge in [-0.15, -0.1) is 0 Å². The number of fused-ring (bicyclic) bond motifs is 1. The summed E-state index contributed by atoms with van der Waals surface area (Å²) in [4.78, 5) is 10.7. The average Bonchev–Trinajstić information content (AvgIpc) is 1.78. The van der Waals surface area contributed by atoms with Crippen molar-refractivity contribution >= 4 is 5.91 Å². The zero-order valence-electron chi connectivity index (χ0n) is 5.39. The van der Waals surface area contributed by atoms with Crippen LogP contribution in [0.25, 0.3) is 0 Å². The standard InChI is InChI=1S/C7H11NO/c9-7-4-2-5-1-3-6(5)8-7/h5-6H,1-4H2,(H,8,9)/t5-,6-/m0/s1. The molecule has 1 amide bonds. The van der Waals surface area contributed by atoms with Gasteiger partial charge in [0.2, 0.25) is 5.91 Å². The largest absolute Gasteiger partial charge is 0.353 e. The van der Waals surface area contributed by atoms with E-state index < -0.39 is 0 Å². The summed E-state index contributed by atoms with van der Waals surface area (Å²) in [5, 5.41) is 2.98. The van der Waals surface area contributed by atoms with Crippen molar-refractivity contribution in [3.05, 3.63) is 0 Å².